The lowest BCUT2D eigenvalue weighted by atomic mass is 10.1. The molecule has 0 bridgehead atoms. The van der Waals surface area contributed by atoms with Gasteiger partial charge in [-0.3, -0.25) is 0 Å². The highest BCUT2D eigenvalue weighted by molar-refractivity contribution is 5.50. The quantitative estimate of drug-likeness (QED) is 0.689. The highest BCUT2D eigenvalue weighted by Gasteiger charge is 2.36. The SMILES string of the molecule is C(#Cc1ccc2c(c1)OCO2)/C=C1/C=CC2(CCCCO2)O1. The highest BCUT2D eigenvalue weighted by atomic mass is 16.7. The Bertz CT molecular complexity index is 700. The maximum absolute atomic E-state index is 5.88. The number of hydrogen-bond acceptors (Lipinski definition) is 4. The zero-order valence-electron chi connectivity index (χ0n) is 12.1. The molecule has 3 aliphatic heterocycles. The second-order valence-corrected chi connectivity index (χ2v) is 5.44. The molecular formula is C18H16O4. The van der Waals surface area contributed by atoms with Crippen molar-refractivity contribution in [1.82, 2.24) is 0 Å². The van der Waals surface area contributed by atoms with Gasteiger partial charge in [0.25, 0.3) is 0 Å². The third-order valence-electron chi connectivity index (χ3n) is 3.86. The van der Waals surface area contributed by atoms with E-state index in [1.165, 1.54) is 0 Å². The molecule has 0 amide bonds. The summed E-state index contributed by atoms with van der Waals surface area (Å²) in [5, 5.41) is 0. The van der Waals surface area contributed by atoms with Crippen molar-refractivity contribution in [3.05, 3.63) is 47.7 Å². The van der Waals surface area contributed by atoms with Crippen LogP contribution in [0, 0.1) is 11.8 Å². The molecule has 4 heteroatoms. The van der Waals surface area contributed by atoms with Crippen molar-refractivity contribution in [3.8, 4) is 23.3 Å². The summed E-state index contributed by atoms with van der Waals surface area (Å²) in [5.74, 6) is 7.79. The number of benzene rings is 1. The molecule has 112 valence electrons. The summed E-state index contributed by atoms with van der Waals surface area (Å²) in [6, 6.07) is 5.66. The Kier molecular flexibility index (Phi) is 3.28. The molecule has 1 saturated heterocycles. The van der Waals surface area contributed by atoms with Gasteiger partial charge in [-0.05, 0) is 43.2 Å². The molecule has 0 radical (unpaired) electrons. The van der Waals surface area contributed by atoms with Crippen molar-refractivity contribution >= 4 is 0 Å². The molecule has 0 N–H and O–H groups in total. The smallest absolute Gasteiger partial charge is 0.231 e. The van der Waals surface area contributed by atoms with Gasteiger partial charge in [0.05, 0.1) is 6.61 Å². The molecule has 0 aliphatic carbocycles. The van der Waals surface area contributed by atoms with E-state index < -0.39 is 5.79 Å². The largest absolute Gasteiger partial charge is 0.458 e. The lowest BCUT2D eigenvalue weighted by Crippen LogP contribution is -2.34. The van der Waals surface area contributed by atoms with E-state index in [1.807, 2.05) is 30.4 Å². The van der Waals surface area contributed by atoms with Crippen molar-refractivity contribution in [3.63, 3.8) is 0 Å². The summed E-state index contributed by atoms with van der Waals surface area (Å²) in [7, 11) is 0. The predicted molar refractivity (Wildman–Crippen MR) is 80.3 cm³/mol. The first kappa shape index (κ1) is 13.3. The minimum atomic E-state index is -0.551. The second kappa shape index (κ2) is 5.43. The van der Waals surface area contributed by atoms with Gasteiger partial charge in [0.1, 0.15) is 5.76 Å². The third-order valence-corrected chi connectivity index (χ3v) is 3.86. The second-order valence-electron chi connectivity index (χ2n) is 5.44. The van der Waals surface area contributed by atoms with Crippen LogP contribution >= 0.6 is 0 Å². The lowest BCUT2D eigenvalue weighted by Gasteiger charge is -2.31. The average molecular weight is 296 g/mol. The van der Waals surface area contributed by atoms with Crippen LogP contribution in [0.3, 0.4) is 0 Å². The van der Waals surface area contributed by atoms with E-state index in [9.17, 15) is 0 Å². The van der Waals surface area contributed by atoms with Gasteiger partial charge in [0, 0.05) is 18.1 Å². The molecule has 1 atom stereocenters. The van der Waals surface area contributed by atoms with Crippen molar-refractivity contribution in [2.45, 2.75) is 25.0 Å². The molecule has 1 aromatic carbocycles. The number of ether oxygens (including phenoxy) is 4. The average Bonchev–Trinajstić information content (AvgIpc) is 3.15. The van der Waals surface area contributed by atoms with Gasteiger partial charge >= 0.3 is 0 Å². The topological polar surface area (TPSA) is 36.9 Å². The Hall–Kier alpha value is -2.38. The van der Waals surface area contributed by atoms with E-state index in [-0.39, 0.29) is 6.79 Å². The standard InChI is InChI=1S/C18H16O4/c1-2-11-21-18(9-1)10-8-15(22-18)5-3-4-14-6-7-16-17(12-14)20-13-19-16/h5-8,10,12H,1-2,9,11,13H2/b15-5-. The zero-order chi connectivity index (χ0) is 14.8. The lowest BCUT2D eigenvalue weighted by molar-refractivity contribution is -0.191. The van der Waals surface area contributed by atoms with E-state index in [4.69, 9.17) is 18.9 Å². The Morgan fingerprint density at radius 1 is 1.14 bits per heavy atom. The molecule has 0 aromatic heterocycles. The third kappa shape index (κ3) is 2.56. The molecule has 1 unspecified atom stereocenters. The van der Waals surface area contributed by atoms with Crippen molar-refractivity contribution < 1.29 is 18.9 Å². The minimum absolute atomic E-state index is 0.275. The van der Waals surface area contributed by atoms with Crippen LogP contribution in [0.4, 0.5) is 0 Å². The first-order chi connectivity index (χ1) is 10.8. The molecule has 3 heterocycles. The van der Waals surface area contributed by atoms with Crippen LogP contribution in [0.2, 0.25) is 0 Å². The van der Waals surface area contributed by atoms with Crippen LogP contribution in [-0.2, 0) is 9.47 Å². The summed E-state index contributed by atoms with van der Waals surface area (Å²) in [6.45, 7) is 1.03. The van der Waals surface area contributed by atoms with Crippen molar-refractivity contribution in [2.24, 2.45) is 0 Å². The Balaban J connectivity index is 1.46. The van der Waals surface area contributed by atoms with Gasteiger partial charge in [-0.1, -0.05) is 11.8 Å². The van der Waals surface area contributed by atoms with E-state index in [2.05, 4.69) is 11.8 Å². The van der Waals surface area contributed by atoms with Crippen LogP contribution in [0.15, 0.2) is 42.2 Å². The predicted octanol–water partition coefficient (Wildman–Crippen LogP) is 3.13. The number of rotatable bonds is 0. The fourth-order valence-corrected chi connectivity index (χ4v) is 2.72. The molecule has 0 saturated carbocycles. The first-order valence-electron chi connectivity index (χ1n) is 7.47. The van der Waals surface area contributed by atoms with Gasteiger partial charge in [-0.25, -0.2) is 0 Å². The van der Waals surface area contributed by atoms with Gasteiger partial charge in [-0.15, -0.1) is 0 Å². The normalized spacial score (nSPS) is 26.8. The van der Waals surface area contributed by atoms with E-state index in [0.29, 0.717) is 0 Å². The molecule has 4 nitrogen and oxygen atoms in total. The van der Waals surface area contributed by atoms with E-state index in [1.54, 1.807) is 6.08 Å². The van der Waals surface area contributed by atoms with Gasteiger partial charge in [0.2, 0.25) is 12.6 Å². The summed E-state index contributed by atoms with van der Waals surface area (Å²) in [6.07, 6.45) is 8.81. The molecule has 1 fully saturated rings. The van der Waals surface area contributed by atoms with Crippen molar-refractivity contribution in [1.29, 1.82) is 0 Å². The zero-order valence-corrected chi connectivity index (χ0v) is 12.1. The number of fused-ring (bicyclic) bond motifs is 1. The molecule has 1 spiro atoms. The minimum Gasteiger partial charge on any atom is -0.458 e. The van der Waals surface area contributed by atoms with Crippen LogP contribution in [0.5, 0.6) is 11.5 Å². The van der Waals surface area contributed by atoms with Crippen LogP contribution in [0.25, 0.3) is 0 Å². The Morgan fingerprint density at radius 2 is 2.09 bits per heavy atom. The molecule has 4 rings (SSSR count). The molecule has 3 aliphatic rings. The Morgan fingerprint density at radius 3 is 3.00 bits per heavy atom. The van der Waals surface area contributed by atoms with Gasteiger partial charge in [0.15, 0.2) is 11.5 Å². The highest BCUT2D eigenvalue weighted by Crippen LogP contribution is 2.35. The van der Waals surface area contributed by atoms with Crippen molar-refractivity contribution in [2.75, 3.05) is 13.4 Å². The summed E-state index contributed by atoms with van der Waals surface area (Å²) < 4.78 is 22.2. The fraction of sp³-hybridized carbons (Fsp3) is 0.333. The van der Waals surface area contributed by atoms with Gasteiger partial charge in [-0.2, -0.15) is 0 Å². The number of allylic oxidation sites excluding steroid dienone is 2. The van der Waals surface area contributed by atoms with Crippen LogP contribution in [-0.4, -0.2) is 19.2 Å². The van der Waals surface area contributed by atoms with Crippen LogP contribution < -0.4 is 9.47 Å². The number of hydrogen-bond donors (Lipinski definition) is 0. The molecule has 22 heavy (non-hydrogen) atoms. The van der Waals surface area contributed by atoms with Crippen LogP contribution in [0.1, 0.15) is 24.8 Å². The monoisotopic (exact) mass is 296 g/mol. The maximum Gasteiger partial charge on any atom is 0.231 e. The maximum atomic E-state index is 5.88. The Labute approximate surface area is 129 Å². The summed E-state index contributed by atoms with van der Waals surface area (Å²) in [4.78, 5) is 0. The van der Waals surface area contributed by atoms with E-state index in [0.717, 1.165) is 48.7 Å². The molecular weight excluding hydrogens is 280 g/mol. The van der Waals surface area contributed by atoms with E-state index >= 15 is 0 Å². The fourth-order valence-electron chi connectivity index (χ4n) is 2.72. The molecule has 1 aromatic rings. The first-order valence-corrected chi connectivity index (χ1v) is 7.47. The summed E-state index contributed by atoms with van der Waals surface area (Å²) in [5.41, 5.74) is 0.881. The van der Waals surface area contributed by atoms with Gasteiger partial charge < -0.3 is 18.9 Å². The summed E-state index contributed by atoms with van der Waals surface area (Å²) >= 11 is 0.